The summed E-state index contributed by atoms with van der Waals surface area (Å²) in [6.45, 7) is -0.236. The van der Waals surface area contributed by atoms with E-state index in [2.05, 4.69) is 9.44 Å². The highest BCUT2D eigenvalue weighted by atomic mass is 35.5. The van der Waals surface area contributed by atoms with E-state index in [4.69, 9.17) is 16.3 Å². The SMILES string of the molecule is O=S(=O)(N[C@H]1CC[C@@H](CCNS(=O)(=O)c2ccccc2Cl)O[C@@H]1CO)c1ccccc1. The zero-order valence-electron chi connectivity index (χ0n) is 16.6. The molecule has 0 spiro atoms. The summed E-state index contributed by atoms with van der Waals surface area (Å²) in [6, 6.07) is 13.6. The molecule has 3 atom stereocenters. The summed E-state index contributed by atoms with van der Waals surface area (Å²) in [4.78, 5) is 0.146. The third-order valence-electron chi connectivity index (χ3n) is 5.04. The molecule has 0 saturated carbocycles. The fourth-order valence-corrected chi connectivity index (χ4v) is 6.33. The first-order valence-corrected chi connectivity index (χ1v) is 13.2. The summed E-state index contributed by atoms with van der Waals surface area (Å²) in [5.74, 6) is 0. The summed E-state index contributed by atoms with van der Waals surface area (Å²) in [6.07, 6.45) is 0.310. The van der Waals surface area contributed by atoms with E-state index in [-0.39, 0.29) is 34.1 Å². The quantitative estimate of drug-likeness (QED) is 0.495. The second kappa shape index (κ2) is 10.4. The van der Waals surface area contributed by atoms with Crippen molar-refractivity contribution in [3.05, 3.63) is 59.6 Å². The Balaban J connectivity index is 1.55. The van der Waals surface area contributed by atoms with Crippen LogP contribution in [-0.4, -0.2) is 53.3 Å². The van der Waals surface area contributed by atoms with Gasteiger partial charge in [-0.1, -0.05) is 41.9 Å². The highest BCUT2D eigenvalue weighted by Gasteiger charge is 2.34. The number of benzene rings is 2. The zero-order valence-corrected chi connectivity index (χ0v) is 19.0. The number of rotatable bonds is 9. The lowest BCUT2D eigenvalue weighted by Crippen LogP contribution is -2.51. The topological polar surface area (TPSA) is 122 Å². The Morgan fingerprint density at radius 1 is 0.968 bits per heavy atom. The van der Waals surface area contributed by atoms with Crippen molar-refractivity contribution in [1.29, 1.82) is 0 Å². The predicted octanol–water partition coefficient (Wildman–Crippen LogP) is 1.90. The van der Waals surface area contributed by atoms with E-state index >= 15 is 0 Å². The van der Waals surface area contributed by atoms with Crippen molar-refractivity contribution in [3.63, 3.8) is 0 Å². The lowest BCUT2D eigenvalue weighted by atomic mass is 9.98. The van der Waals surface area contributed by atoms with Crippen LogP contribution in [0.1, 0.15) is 19.3 Å². The normalized spacial score (nSPS) is 22.3. The first-order valence-electron chi connectivity index (χ1n) is 9.81. The molecule has 0 aliphatic carbocycles. The molecule has 0 amide bonds. The maximum Gasteiger partial charge on any atom is 0.242 e. The van der Waals surface area contributed by atoms with Gasteiger partial charge in [0.15, 0.2) is 0 Å². The molecule has 0 unspecified atom stereocenters. The number of ether oxygens (including phenoxy) is 1. The Kier molecular flexibility index (Phi) is 8.08. The summed E-state index contributed by atoms with van der Waals surface area (Å²) in [5, 5.41) is 9.83. The summed E-state index contributed by atoms with van der Waals surface area (Å²) in [5.41, 5.74) is 0. The molecule has 31 heavy (non-hydrogen) atoms. The lowest BCUT2D eigenvalue weighted by molar-refractivity contribution is -0.0869. The minimum absolute atomic E-state index is 0.00449. The van der Waals surface area contributed by atoms with E-state index < -0.39 is 32.2 Å². The van der Waals surface area contributed by atoms with Crippen molar-refractivity contribution in [2.45, 2.75) is 47.3 Å². The van der Waals surface area contributed by atoms with Crippen LogP contribution in [0.15, 0.2) is 64.4 Å². The van der Waals surface area contributed by atoms with Crippen LogP contribution in [0.5, 0.6) is 0 Å². The predicted molar refractivity (Wildman–Crippen MR) is 117 cm³/mol. The molecule has 1 heterocycles. The minimum Gasteiger partial charge on any atom is -0.394 e. The number of aliphatic hydroxyl groups excluding tert-OH is 1. The van der Waals surface area contributed by atoms with Gasteiger partial charge in [0, 0.05) is 6.54 Å². The molecule has 1 aliphatic heterocycles. The molecule has 1 aliphatic rings. The van der Waals surface area contributed by atoms with Crippen molar-refractivity contribution >= 4 is 31.6 Å². The van der Waals surface area contributed by atoms with Crippen LogP contribution in [0.2, 0.25) is 5.02 Å². The summed E-state index contributed by atoms with van der Waals surface area (Å²) in [7, 11) is -7.49. The van der Waals surface area contributed by atoms with Gasteiger partial charge in [-0.3, -0.25) is 0 Å². The van der Waals surface area contributed by atoms with Gasteiger partial charge in [0.05, 0.1) is 34.8 Å². The maximum absolute atomic E-state index is 12.6. The largest absolute Gasteiger partial charge is 0.394 e. The molecule has 0 radical (unpaired) electrons. The van der Waals surface area contributed by atoms with Crippen LogP contribution < -0.4 is 9.44 Å². The Morgan fingerprint density at radius 2 is 1.65 bits per heavy atom. The van der Waals surface area contributed by atoms with Crippen molar-refractivity contribution < 1.29 is 26.7 Å². The Morgan fingerprint density at radius 3 is 2.32 bits per heavy atom. The van der Waals surface area contributed by atoms with Crippen molar-refractivity contribution in [2.24, 2.45) is 0 Å². The van der Waals surface area contributed by atoms with Gasteiger partial charge in [-0.15, -0.1) is 0 Å². The second-order valence-electron chi connectivity index (χ2n) is 7.21. The number of nitrogens with one attached hydrogen (secondary N) is 2. The van der Waals surface area contributed by atoms with Gasteiger partial charge in [-0.05, 0) is 43.5 Å². The molecule has 3 rings (SSSR count). The van der Waals surface area contributed by atoms with Crippen molar-refractivity contribution in [2.75, 3.05) is 13.2 Å². The second-order valence-corrected chi connectivity index (χ2v) is 11.1. The smallest absolute Gasteiger partial charge is 0.242 e. The molecule has 2 aromatic carbocycles. The molecular formula is C20H25ClN2O6S2. The van der Waals surface area contributed by atoms with Crippen LogP contribution >= 0.6 is 11.6 Å². The number of hydrogen-bond donors (Lipinski definition) is 3. The van der Waals surface area contributed by atoms with E-state index in [0.717, 1.165) is 0 Å². The molecule has 0 bridgehead atoms. The number of hydrogen-bond acceptors (Lipinski definition) is 6. The van der Waals surface area contributed by atoms with Gasteiger partial charge in [-0.25, -0.2) is 26.3 Å². The first-order chi connectivity index (χ1) is 14.7. The Hall–Kier alpha value is -1.53. The molecule has 11 heteroatoms. The average Bonchev–Trinajstić information content (AvgIpc) is 2.75. The molecular weight excluding hydrogens is 464 g/mol. The zero-order chi connectivity index (χ0) is 22.5. The third kappa shape index (κ3) is 6.26. The molecule has 8 nitrogen and oxygen atoms in total. The van der Waals surface area contributed by atoms with Gasteiger partial charge in [-0.2, -0.15) is 0 Å². The van der Waals surface area contributed by atoms with Gasteiger partial charge in [0.1, 0.15) is 4.90 Å². The van der Waals surface area contributed by atoms with Crippen LogP contribution in [0.4, 0.5) is 0 Å². The highest BCUT2D eigenvalue weighted by Crippen LogP contribution is 2.24. The van der Waals surface area contributed by atoms with E-state index in [1.54, 1.807) is 30.3 Å². The Labute approximate surface area is 187 Å². The first kappa shape index (κ1) is 24.1. The fraction of sp³-hybridized carbons (Fsp3) is 0.400. The van der Waals surface area contributed by atoms with Gasteiger partial charge in [0.25, 0.3) is 0 Å². The van der Waals surface area contributed by atoms with Crippen LogP contribution in [0.25, 0.3) is 0 Å². The molecule has 1 fully saturated rings. The fourth-order valence-electron chi connectivity index (χ4n) is 3.44. The number of aliphatic hydroxyl groups is 1. The molecule has 0 aromatic heterocycles. The van der Waals surface area contributed by atoms with Crippen LogP contribution in [0, 0.1) is 0 Å². The Bertz CT molecular complexity index is 1080. The van der Waals surface area contributed by atoms with E-state index in [1.807, 2.05) is 0 Å². The van der Waals surface area contributed by atoms with E-state index in [9.17, 15) is 21.9 Å². The number of halogens is 1. The molecule has 3 N–H and O–H groups in total. The van der Waals surface area contributed by atoms with Gasteiger partial charge < -0.3 is 9.84 Å². The van der Waals surface area contributed by atoms with E-state index in [1.165, 1.54) is 24.3 Å². The lowest BCUT2D eigenvalue weighted by Gasteiger charge is -2.36. The maximum atomic E-state index is 12.6. The monoisotopic (exact) mass is 488 g/mol. The molecule has 2 aromatic rings. The minimum atomic E-state index is -3.75. The van der Waals surface area contributed by atoms with Crippen molar-refractivity contribution in [1.82, 2.24) is 9.44 Å². The molecule has 1 saturated heterocycles. The van der Waals surface area contributed by atoms with Crippen LogP contribution in [-0.2, 0) is 24.8 Å². The van der Waals surface area contributed by atoms with Gasteiger partial charge in [0.2, 0.25) is 20.0 Å². The van der Waals surface area contributed by atoms with Crippen molar-refractivity contribution in [3.8, 4) is 0 Å². The third-order valence-corrected chi connectivity index (χ3v) is 8.51. The van der Waals surface area contributed by atoms with E-state index in [0.29, 0.717) is 19.3 Å². The number of sulfonamides is 2. The van der Waals surface area contributed by atoms with Crippen LogP contribution in [0.3, 0.4) is 0 Å². The average molecular weight is 489 g/mol. The van der Waals surface area contributed by atoms with Gasteiger partial charge >= 0.3 is 0 Å². The summed E-state index contributed by atoms with van der Waals surface area (Å²) < 4.78 is 60.9. The standard InChI is InChI=1S/C20H25ClN2O6S2/c21-17-8-4-5-9-20(17)31(27,28)22-13-12-15-10-11-18(19(14-24)29-15)23-30(25,26)16-6-2-1-3-7-16/h1-9,15,18-19,22-24H,10-14H2/t15-,18-,19+/m0/s1. The molecule has 170 valence electrons. The highest BCUT2D eigenvalue weighted by molar-refractivity contribution is 7.89. The summed E-state index contributed by atoms with van der Waals surface area (Å²) >= 11 is 5.96.